The van der Waals surface area contributed by atoms with Crippen LogP contribution in [0.3, 0.4) is 0 Å². The maximum Gasteiger partial charge on any atom is 0.0431 e. The summed E-state index contributed by atoms with van der Waals surface area (Å²) in [5.74, 6) is 0. The Morgan fingerprint density at radius 2 is 1.29 bits per heavy atom. The van der Waals surface area contributed by atoms with E-state index in [2.05, 4.69) is 33.9 Å². The Kier molecular flexibility index (Phi) is 12.4. The molecule has 0 fully saturated rings. The van der Waals surface area contributed by atoms with E-state index in [0.717, 1.165) is 6.42 Å². The zero-order valence-corrected chi connectivity index (χ0v) is 10.3. The van der Waals surface area contributed by atoms with Gasteiger partial charge in [-0.25, -0.2) is 0 Å². The molecular weight excluding hydrogens is 172 g/mol. The summed E-state index contributed by atoms with van der Waals surface area (Å²) in [4.78, 5) is 0. The predicted molar refractivity (Wildman–Crippen MR) is 65.5 cm³/mol. The van der Waals surface area contributed by atoms with Crippen molar-refractivity contribution in [3.8, 4) is 0 Å². The summed E-state index contributed by atoms with van der Waals surface area (Å²) in [6, 6.07) is 0. The van der Waals surface area contributed by atoms with Crippen LogP contribution in [0.1, 0.15) is 59.3 Å². The summed E-state index contributed by atoms with van der Waals surface area (Å²) in [7, 11) is 0. The summed E-state index contributed by atoms with van der Waals surface area (Å²) < 4.78 is 0. The Labute approximate surface area is 90.2 Å². The highest BCUT2D eigenvalue weighted by Gasteiger charge is 2.08. The van der Waals surface area contributed by atoms with Gasteiger partial charge >= 0.3 is 0 Å². The second-order valence-corrected chi connectivity index (χ2v) is 4.80. The molecule has 0 aliphatic rings. The quantitative estimate of drug-likeness (QED) is 0.504. The van der Waals surface area contributed by atoms with Crippen molar-refractivity contribution in [3.63, 3.8) is 0 Å². The summed E-state index contributed by atoms with van der Waals surface area (Å²) in [6.07, 6.45) is 7.46. The van der Waals surface area contributed by atoms with Crippen LogP contribution in [0.5, 0.6) is 0 Å². The predicted octanol–water partition coefficient (Wildman–Crippen LogP) is 4.17. The zero-order chi connectivity index (χ0) is 11.4. The van der Waals surface area contributed by atoms with Gasteiger partial charge in [0.25, 0.3) is 0 Å². The zero-order valence-electron chi connectivity index (χ0n) is 10.3. The minimum atomic E-state index is 0.360. The smallest absolute Gasteiger partial charge is 0.0431 e. The van der Waals surface area contributed by atoms with E-state index in [1.54, 1.807) is 0 Å². The van der Waals surface area contributed by atoms with Gasteiger partial charge in [-0.15, -0.1) is 13.2 Å². The summed E-state index contributed by atoms with van der Waals surface area (Å²) in [5.41, 5.74) is 0.497. The first-order valence-corrected chi connectivity index (χ1v) is 5.67. The lowest BCUT2D eigenvalue weighted by molar-refractivity contribution is 0.281. The van der Waals surface area contributed by atoms with Crippen LogP contribution < -0.4 is 0 Å². The third-order valence-electron chi connectivity index (χ3n) is 2.08. The number of aliphatic hydroxyl groups excluding tert-OH is 1. The fraction of sp³-hybridized carbons (Fsp3) is 0.846. The average Bonchev–Trinajstić information content (AvgIpc) is 2.13. The van der Waals surface area contributed by atoms with Crippen LogP contribution in [0.25, 0.3) is 0 Å². The first-order valence-electron chi connectivity index (χ1n) is 5.67. The van der Waals surface area contributed by atoms with Gasteiger partial charge in [0, 0.05) is 6.61 Å². The van der Waals surface area contributed by atoms with Gasteiger partial charge in [-0.3, -0.25) is 0 Å². The van der Waals surface area contributed by atoms with Crippen molar-refractivity contribution in [1.29, 1.82) is 0 Å². The molecule has 0 bridgehead atoms. The van der Waals surface area contributed by atoms with E-state index in [1.165, 1.54) is 32.1 Å². The highest BCUT2D eigenvalue weighted by molar-refractivity contribution is 4.60. The van der Waals surface area contributed by atoms with E-state index in [9.17, 15) is 0 Å². The molecule has 0 aromatic carbocycles. The van der Waals surface area contributed by atoms with Gasteiger partial charge in [-0.1, -0.05) is 46.5 Å². The van der Waals surface area contributed by atoms with Crippen LogP contribution in [-0.2, 0) is 0 Å². The van der Waals surface area contributed by atoms with E-state index in [4.69, 9.17) is 5.11 Å². The van der Waals surface area contributed by atoms with Crippen LogP contribution in [0.15, 0.2) is 13.2 Å². The van der Waals surface area contributed by atoms with Gasteiger partial charge in [0.1, 0.15) is 0 Å². The molecule has 0 aliphatic carbocycles. The Hall–Kier alpha value is -0.300. The normalized spacial score (nSPS) is 10.6. The Balaban J connectivity index is 0. The third kappa shape index (κ3) is 17.7. The van der Waals surface area contributed by atoms with Crippen molar-refractivity contribution in [1.82, 2.24) is 0 Å². The van der Waals surface area contributed by atoms with Crippen molar-refractivity contribution in [2.75, 3.05) is 6.61 Å². The molecule has 0 unspecified atom stereocenters. The summed E-state index contributed by atoms with van der Waals surface area (Å²) in [5, 5.41) is 8.55. The molecule has 1 nitrogen and oxygen atoms in total. The van der Waals surface area contributed by atoms with Gasteiger partial charge < -0.3 is 5.11 Å². The first-order chi connectivity index (χ1) is 6.56. The lowest BCUT2D eigenvalue weighted by Gasteiger charge is -2.17. The van der Waals surface area contributed by atoms with Gasteiger partial charge in [0.2, 0.25) is 0 Å². The van der Waals surface area contributed by atoms with Gasteiger partial charge in [-0.2, -0.15) is 0 Å². The number of hydrogen-bond donors (Lipinski definition) is 1. The molecule has 1 heteroatoms. The molecule has 0 atom stereocenters. The van der Waals surface area contributed by atoms with Crippen LogP contribution in [-0.4, -0.2) is 11.7 Å². The van der Waals surface area contributed by atoms with Crippen molar-refractivity contribution in [3.05, 3.63) is 13.2 Å². The molecular formula is C13H28O. The molecule has 0 saturated heterocycles. The van der Waals surface area contributed by atoms with E-state index < -0.39 is 0 Å². The van der Waals surface area contributed by atoms with Crippen molar-refractivity contribution < 1.29 is 5.11 Å². The fourth-order valence-electron chi connectivity index (χ4n) is 1.30. The highest BCUT2D eigenvalue weighted by Crippen LogP contribution is 2.22. The Morgan fingerprint density at radius 3 is 1.71 bits per heavy atom. The number of unbranched alkanes of at least 4 members (excludes halogenated alkanes) is 4. The lowest BCUT2D eigenvalue weighted by atomic mass is 9.89. The molecule has 0 spiro atoms. The molecule has 14 heavy (non-hydrogen) atoms. The average molecular weight is 200 g/mol. The van der Waals surface area contributed by atoms with Crippen LogP contribution in [0, 0.1) is 5.41 Å². The van der Waals surface area contributed by atoms with Crippen molar-refractivity contribution >= 4 is 0 Å². The second-order valence-electron chi connectivity index (χ2n) is 4.80. The van der Waals surface area contributed by atoms with E-state index in [-0.39, 0.29) is 0 Å². The first kappa shape index (κ1) is 16.1. The number of hydrogen-bond acceptors (Lipinski definition) is 1. The molecule has 0 aliphatic heterocycles. The van der Waals surface area contributed by atoms with Crippen LogP contribution in [0.2, 0.25) is 0 Å². The molecule has 0 heterocycles. The van der Waals surface area contributed by atoms with Gasteiger partial charge in [-0.05, 0) is 18.3 Å². The molecule has 0 amide bonds. The summed E-state index contributed by atoms with van der Waals surface area (Å²) >= 11 is 0. The fourth-order valence-corrected chi connectivity index (χ4v) is 1.30. The maximum atomic E-state index is 8.55. The highest BCUT2D eigenvalue weighted by atomic mass is 16.2. The molecule has 0 radical (unpaired) electrons. The van der Waals surface area contributed by atoms with E-state index >= 15 is 0 Å². The van der Waals surface area contributed by atoms with Gasteiger partial charge in [0.05, 0.1) is 0 Å². The molecule has 86 valence electrons. The van der Waals surface area contributed by atoms with E-state index in [0.29, 0.717) is 12.0 Å². The molecule has 1 N–H and O–H groups in total. The van der Waals surface area contributed by atoms with Crippen LogP contribution in [0.4, 0.5) is 0 Å². The maximum absolute atomic E-state index is 8.55. The Bertz CT molecular complexity index is 102. The number of rotatable bonds is 6. The van der Waals surface area contributed by atoms with Crippen molar-refractivity contribution in [2.45, 2.75) is 59.3 Å². The minimum absolute atomic E-state index is 0.360. The molecule has 0 rings (SSSR count). The van der Waals surface area contributed by atoms with Crippen LogP contribution >= 0.6 is 0 Å². The van der Waals surface area contributed by atoms with Gasteiger partial charge in [0.15, 0.2) is 0 Å². The SMILES string of the molecule is C=C.CC(C)(C)CCCCCCCO. The third-order valence-corrected chi connectivity index (χ3v) is 2.08. The van der Waals surface area contributed by atoms with E-state index in [1.807, 2.05) is 0 Å². The minimum Gasteiger partial charge on any atom is -0.396 e. The summed E-state index contributed by atoms with van der Waals surface area (Å²) in [6.45, 7) is 13.2. The molecule has 0 saturated carbocycles. The monoisotopic (exact) mass is 200 g/mol. The largest absolute Gasteiger partial charge is 0.396 e. The van der Waals surface area contributed by atoms with Crippen molar-refractivity contribution in [2.24, 2.45) is 5.41 Å². The second kappa shape index (κ2) is 10.8. The molecule has 0 aromatic rings. The lowest BCUT2D eigenvalue weighted by Crippen LogP contribution is -2.03. The standard InChI is InChI=1S/C11H24O.C2H4/c1-11(2,3)9-7-5-4-6-8-10-12;1-2/h12H,4-10H2,1-3H3;1-2H2. The Morgan fingerprint density at radius 1 is 0.857 bits per heavy atom. The topological polar surface area (TPSA) is 20.2 Å². The number of aliphatic hydroxyl groups is 1. The molecule has 0 aromatic heterocycles.